The summed E-state index contributed by atoms with van der Waals surface area (Å²) in [6, 6.07) is 5.74. The van der Waals surface area contributed by atoms with Crippen molar-refractivity contribution < 1.29 is 9.53 Å². The minimum Gasteiger partial charge on any atom is -0.478 e. The molecule has 0 saturated heterocycles. The van der Waals surface area contributed by atoms with Gasteiger partial charge in [-0.3, -0.25) is 4.79 Å². The summed E-state index contributed by atoms with van der Waals surface area (Å²) in [5, 5.41) is 0. The molecule has 1 heterocycles. The van der Waals surface area contributed by atoms with Gasteiger partial charge >= 0.3 is 0 Å². The standard InChI is InChI=1S/C10H7BrO2/c11-8-3-1-7-2-4-9(6-12)13-10(7)5-8/h1-6,9H. The third-order valence-corrected chi connectivity index (χ3v) is 2.33. The van der Waals surface area contributed by atoms with Gasteiger partial charge in [0.2, 0.25) is 0 Å². The van der Waals surface area contributed by atoms with E-state index in [4.69, 9.17) is 4.74 Å². The van der Waals surface area contributed by atoms with E-state index in [-0.39, 0.29) is 0 Å². The van der Waals surface area contributed by atoms with Crippen LogP contribution in [0.4, 0.5) is 0 Å². The molecule has 0 radical (unpaired) electrons. The van der Waals surface area contributed by atoms with Crippen LogP contribution in [0.1, 0.15) is 5.56 Å². The second kappa shape index (κ2) is 3.34. The zero-order chi connectivity index (χ0) is 9.26. The van der Waals surface area contributed by atoms with Crippen molar-refractivity contribution in [2.75, 3.05) is 0 Å². The minimum absolute atomic E-state index is 0.443. The predicted octanol–water partition coefficient (Wildman–Crippen LogP) is 2.42. The van der Waals surface area contributed by atoms with Crippen molar-refractivity contribution in [3.8, 4) is 5.75 Å². The van der Waals surface area contributed by atoms with Gasteiger partial charge in [0.1, 0.15) is 5.75 Å². The molecule has 66 valence electrons. The number of fused-ring (bicyclic) bond motifs is 1. The molecule has 2 rings (SSSR count). The number of ether oxygens (including phenoxy) is 1. The average Bonchev–Trinajstić information content (AvgIpc) is 2.16. The lowest BCUT2D eigenvalue weighted by molar-refractivity contribution is -0.112. The van der Waals surface area contributed by atoms with Gasteiger partial charge in [-0.05, 0) is 18.2 Å². The SMILES string of the molecule is O=CC1C=Cc2ccc(Br)cc2O1. The lowest BCUT2D eigenvalue weighted by Crippen LogP contribution is -2.17. The van der Waals surface area contributed by atoms with E-state index in [2.05, 4.69) is 15.9 Å². The Labute approximate surface area is 84.3 Å². The third kappa shape index (κ3) is 1.65. The van der Waals surface area contributed by atoms with Crippen molar-refractivity contribution in [2.24, 2.45) is 0 Å². The summed E-state index contributed by atoms with van der Waals surface area (Å²) >= 11 is 3.34. The molecule has 1 aromatic rings. The number of hydrogen-bond acceptors (Lipinski definition) is 2. The van der Waals surface area contributed by atoms with E-state index in [1.807, 2.05) is 24.3 Å². The Kier molecular flexibility index (Phi) is 2.19. The fourth-order valence-electron chi connectivity index (χ4n) is 1.21. The molecule has 1 atom stereocenters. The highest BCUT2D eigenvalue weighted by atomic mass is 79.9. The highest BCUT2D eigenvalue weighted by Crippen LogP contribution is 2.28. The zero-order valence-corrected chi connectivity index (χ0v) is 8.32. The van der Waals surface area contributed by atoms with E-state index < -0.39 is 6.10 Å². The van der Waals surface area contributed by atoms with Gasteiger partial charge in [0.25, 0.3) is 0 Å². The first-order valence-electron chi connectivity index (χ1n) is 3.89. The number of halogens is 1. The lowest BCUT2D eigenvalue weighted by Gasteiger charge is -2.16. The highest BCUT2D eigenvalue weighted by molar-refractivity contribution is 9.10. The Bertz CT molecular complexity index is 371. The quantitative estimate of drug-likeness (QED) is 0.703. The van der Waals surface area contributed by atoms with Crippen LogP contribution in [0.2, 0.25) is 0 Å². The maximum atomic E-state index is 10.5. The average molecular weight is 239 g/mol. The zero-order valence-electron chi connectivity index (χ0n) is 6.74. The van der Waals surface area contributed by atoms with Crippen molar-refractivity contribution in [1.29, 1.82) is 0 Å². The maximum Gasteiger partial charge on any atom is 0.172 e. The molecule has 1 aromatic carbocycles. The molecular weight excluding hydrogens is 232 g/mol. The number of hydrogen-bond donors (Lipinski definition) is 0. The molecule has 0 saturated carbocycles. The summed E-state index contributed by atoms with van der Waals surface area (Å²) in [5.41, 5.74) is 1.00. The topological polar surface area (TPSA) is 26.3 Å². The second-order valence-corrected chi connectivity index (χ2v) is 3.68. The number of carbonyl (C=O) groups excluding carboxylic acids is 1. The van der Waals surface area contributed by atoms with E-state index in [0.29, 0.717) is 0 Å². The molecule has 3 heteroatoms. The van der Waals surface area contributed by atoms with Gasteiger partial charge in [-0.15, -0.1) is 0 Å². The fraction of sp³-hybridized carbons (Fsp3) is 0.100. The van der Waals surface area contributed by atoms with Crippen molar-refractivity contribution in [3.63, 3.8) is 0 Å². The molecular formula is C10H7BrO2. The molecule has 0 amide bonds. The van der Waals surface area contributed by atoms with E-state index in [1.165, 1.54) is 0 Å². The fourth-order valence-corrected chi connectivity index (χ4v) is 1.55. The van der Waals surface area contributed by atoms with Gasteiger partial charge in [-0.25, -0.2) is 0 Å². The molecule has 1 unspecified atom stereocenters. The smallest absolute Gasteiger partial charge is 0.172 e. The first kappa shape index (κ1) is 8.51. The normalized spacial score (nSPS) is 19.0. The Morgan fingerprint density at radius 1 is 1.46 bits per heavy atom. The Hall–Kier alpha value is -1.09. The van der Waals surface area contributed by atoms with Gasteiger partial charge in [0, 0.05) is 10.0 Å². The van der Waals surface area contributed by atoms with Gasteiger partial charge in [0.05, 0.1) is 0 Å². The van der Waals surface area contributed by atoms with Crippen LogP contribution in [0, 0.1) is 0 Å². The summed E-state index contributed by atoms with van der Waals surface area (Å²) in [6.45, 7) is 0. The van der Waals surface area contributed by atoms with Crippen molar-refractivity contribution in [3.05, 3.63) is 34.3 Å². The number of carbonyl (C=O) groups is 1. The second-order valence-electron chi connectivity index (χ2n) is 2.76. The van der Waals surface area contributed by atoms with Gasteiger partial charge in [0.15, 0.2) is 12.4 Å². The van der Waals surface area contributed by atoms with Crippen LogP contribution in [0.15, 0.2) is 28.7 Å². The largest absolute Gasteiger partial charge is 0.478 e. The van der Waals surface area contributed by atoms with Gasteiger partial charge in [-0.1, -0.05) is 28.1 Å². The van der Waals surface area contributed by atoms with Crippen molar-refractivity contribution >= 4 is 28.3 Å². The summed E-state index contributed by atoms with van der Waals surface area (Å²) in [7, 11) is 0. The van der Waals surface area contributed by atoms with Gasteiger partial charge < -0.3 is 4.74 Å². The molecule has 0 bridgehead atoms. The van der Waals surface area contributed by atoms with Crippen LogP contribution >= 0.6 is 15.9 Å². The Morgan fingerprint density at radius 3 is 3.08 bits per heavy atom. The molecule has 0 aromatic heterocycles. The van der Waals surface area contributed by atoms with E-state index in [9.17, 15) is 4.79 Å². The molecule has 2 nitrogen and oxygen atoms in total. The van der Waals surface area contributed by atoms with Crippen molar-refractivity contribution in [2.45, 2.75) is 6.10 Å². The van der Waals surface area contributed by atoms with Crippen LogP contribution in [0.25, 0.3) is 6.08 Å². The van der Waals surface area contributed by atoms with Crippen LogP contribution < -0.4 is 4.74 Å². The highest BCUT2D eigenvalue weighted by Gasteiger charge is 2.13. The Morgan fingerprint density at radius 2 is 2.31 bits per heavy atom. The summed E-state index contributed by atoms with van der Waals surface area (Å²) in [5.74, 6) is 0.744. The number of rotatable bonds is 1. The van der Waals surface area contributed by atoms with E-state index >= 15 is 0 Å². The van der Waals surface area contributed by atoms with Crippen LogP contribution in [-0.2, 0) is 4.79 Å². The van der Waals surface area contributed by atoms with E-state index in [1.54, 1.807) is 6.08 Å². The lowest BCUT2D eigenvalue weighted by atomic mass is 10.1. The molecule has 13 heavy (non-hydrogen) atoms. The molecule has 0 spiro atoms. The third-order valence-electron chi connectivity index (χ3n) is 1.84. The van der Waals surface area contributed by atoms with Gasteiger partial charge in [-0.2, -0.15) is 0 Å². The summed E-state index contributed by atoms with van der Waals surface area (Å²) in [4.78, 5) is 10.5. The molecule has 1 aliphatic rings. The molecule has 0 N–H and O–H groups in total. The maximum absolute atomic E-state index is 10.5. The Balaban J connectivity index is 2.41. The van der Waals surface area contributed by atoms with Crippen LogP contribution in [0.5, 0.6) is 5.75 Å². The van der Waals surface area contributed by atoms with Crippen LogP contribution in [-0.4, -0.2) is 12.4 Å². The molecule has 0 aliphatic carbocycles. The first-order valence-corrected chi connectivity index (χ1v) is 4.68. The number of aldehydes is 1. The summed E-state index contributed by atoms with van der Waals surface area (Å²) in [6.07, 6.45) is 3.97. The minimum atomic E-state index is -0.443. The molecule has 0 fully saturated rings. The van der Waals surface area contributed by atoms with Crippen LogP contribution in [0.3, 0.4) is 0 Å². The predicted molar refractivity (Wildman–Crippen MR) is 53.7 cm³/mol. The van der Waals surface area contributed by atoms with Crippen molar-refractivity contribution in [1.82, 2.24) is 0 Å². The monoisotopic (exact) mass is 238 g/mol. The van der Waals surface area contributed by atoms with E-state index in [0.717, 1.165) is 22.1 Å². The number of benzene rings is 1. The molecule has 1 aliphatic heterocycles. The first-order chi connectivity index (χ1) is 6.29. The summed E-state index contributed by atoms with van der Waals surface area (Å²) < 4.78 is 6.33.